The van der Waals surface area contributed by atoms with Crippen LogP contribution in [0.2, 0.25) is 0 Å². The molecule has 2 aliphatic heterocycles. The van der Waals surface area contributed by atoms with Crippen LogP contribution in [0.25, 0.3) is 0 Å². The van der Waals surface area contributed by atoms with E-state index < -0.39 is 0 Å². The van der Waals surface area contributed by atoms with E-state index in [0.717, 1.165) is 29.7 Å². The molecular formula is C16H20N2OS. The highest BCUT2D eigenvalue weighted by Crippen LogP contribution is 2.68. The van der Waals surface area contributed by atoms with E-state index in [9.17, 15) is 0 Å². The van der Waals surface area contributed by atoms with E-state index in [4.69, 9.17) is 10.5 Å². The van der Waals surface area contributed by atoms with Gasteiger partial charge in [-0.1, -0.05) is 37.7 Å². The average molecular weight is 288 g/mol. The Morgan fingerprint density at radius 2 is 2.25 bits per heavy atom. The Labute approximate surface area is 124 Å². The zero-order valence-electron chi connectivity index (χ0n) is 11.9. The van der Waals surface area contributed by atoms with Crippen LogP contribution in [0, 0.1) is 11.3 Å². The van der Waals surface area contributed by atoms with Gasteiger partial charge in [0.15, 0.2) is 5.17 Å². The van der Waals surface area contributed by atoms with Gasteiger partial charge in [-0.2, -0.15) is 0 Å². The van der Waals surface area contributed by atoms with Gasteiger partial charge in [-0.05, 0) is 28.9 Å². The summed E-state index contributed by atoms with van der Waals surface area (Å²) in [4.78, 5) is 4.64. The molecule has 0 amide bonds. The lowest BCUT2D eigenvalue weighted by Gasteiger charge is -2.08. The minimum absolute atomic E-state index is 0.317. The summed E-state index contributed by atoms with van der Waals surface area (Å²) in [6, 6.07) is 6.90. The summed E-state index contributed by atoms with van der Waals surface area (Å²) >= 11 is 1.70. The standard InChI is InChI=1S/C16H20N2OS/c1-16(2)13(14(16)11-8-20-15(17)18-11)10-4-3-5-12-9(10)6-7-19-12/h3-5,11,13-14H,6-8H2,1-2H3,(H2,17,18)/t11?,13-,14-/m1/s1. The molecule has 1 unspecified atom stereocenters. The first-order valence-corrected chi connectivity index (χ1v) is 8.28. The van der Waals surface area contributed by atoms with Crippen molar-refractivity contribution in [1.82, 2.24) is 0 Å². The van der Waals surface area contributed by atoms with Gasteiger partial charge < -0.3 is 10.5 Å². The van der Waals surface area contributed by atoms with Crippen molar-refractivity contribution in [2.24, 2.45) is 22.1 Å². The number of thioether (sulfide) groups is 1. The van der Waals surface area contributed by atoms with Gasteiger partial charge in [-0.25, -0.2) is 0 Å². The molecule has 0 saturated heterocycles. The lowest BCUT2D eigenvalue weighted by Crippen LogP contribution is -2.11. The maximum atomic E-state index is 5.85. The van der Waals surface area contributed by atoms with Crippen LogP contribution in [-0.4, -0.2) is 23.6 Å². The normalized spacial score (nSPS) is 33.5. The topological polar surface area (TPSA) is 47.6 Å². The highest BCUT2D eigenvalue weighted by molar-refractivity contribution is 8.14. The quantitative estimate of drug-likeness (QED) is 0.910. The van der Waals surface area contributed by atoms with Crippen molar-refractivity contribution in [3.8, 4) is 5.75 Å². The number of rotatable bonds is 2. The summed E-state index contributed by atoms with van der Waals surface area (Å²) in [5.41, 5.74) is 9.08. The van der Waals surface area contributed by atoms with E-state index >= 15 is 0 Å². The SMILES string of the molecule is CC1(C)[C@H](c2cccc3c2CCO3)[C@H]1C1CSC(N)=N1. The van der Waals surface area contributed by atoms with Crippen LogP contribution in [0.15, 0.2) is 23.2 Å². The highest BCUT2D eigenvalue weighted by atomic mass is 32.2. The van der Waals surface area contributed by atoms with E-state index in [2.05, 4.69) is 37.0 Å². The van der Waals surface area contributed by atoms with Crippen molar-refractivity contribution < 1.29 is 4.74 Å². The van der Waals surface area contributed by atoms with Crippen LogP contribution >= 0.6 is 11.8 Å². The van der Waals surface area contributed by atoms with Crippen LogP contribution < -0.4 is 10.5 Å². The number of hydrogen-bond donors (Lipinski definition) is 1. The minimum Gasteiger partial charge on any atom is -0.493 e. The van der Waals surface area contributed by atoms with Gasteiger partial charge in [-0.15, -0.1) is 0 Å². The van der Waals surface area contributed by atoms with Gasteiger partial charge in [-0.3, -0.25) is 4.99 Å². The summed E-state index contributed by atoms with van der Waals surface area (Å²) in [6.45, 7) is 5.56. The van der Waals surface area contributed by atoms with Crippen LogP contribution in [0.5, 0.6) is 5.75 Å². The van der Waals surface area contributed by atoms with E-state index in [1.165, 1.54) is 11.1 Å². The number of amidine groups is 1. The number of aliphatic imine (C=N–C) groups is 1. The second-order valence-corrected chi connectivity index (χ2v) is 7.63. The molecule has 0 bridgehead atoms. The van der Waals surface area contributed by atoms with E-state index in [1.807, 2.05) is 0 Å². The van der Waals surface area contributed by atoms with Crippen molar-refractivity contribution in [3.05, 3.63) is 29.3 Å². The zero-order chi connectivity index (χ0) is 13.9. The Morgan fingerprint density at radius 1 is 1.40 bits per heavy atom. The molecule has 1 fully saturated rings. The molecule has 0 radical (unpaired) electrons. The van der Waals surface area contributed by atoms with E-state index in [1.54, 1.807) is 11.8 Å². The minimum atomic E-state index is 0.317. The van der Waals surface area contributed by atoms with Gasteiger partial charge in [0.05, 0.1) is 12.6 Å². The van der Waals surface area contributed by atoms with Gasteiger partial charge in [0.25, 0.3) is 0 Å². The molecule has 1 aromatic rings. The number of benzene rings is 1. The van der Waals surface area contributed by atoms with Gasteiger partial charge in [0, 0.05) is 17.7 Å². The van der Waals surface area contributed by atoms with E-state index in [-0.39, 0.29) is 0 Å². The van der Waals surface area contributed by atoms with E-state index in [0.29, 0.717) is 23.3 Å². The first-order valence-electron chi connectivity index (χ1n) is 7.29. The second kappa shape index (κ2) is 4.17. The molecule has 3 aliphatic rings. The molecular weight excluding hydrogens is 268 g/mol. The van der Waals surface area contributed by atoms with Crippen molar-refractivity contribution in [3.63, 3.8) is 0 Å². The summed E-state index contributed by atoms with van der Waals surface area (Å²) in [5.74, 6) is 3.34. The first-order chi connectivity index (χ1) is 9.59. The van der Waals surface area contributed by atoms with Gasteiger partial charge in [0.2, 0.25) is 0 Å². The second-order valence-electron chi connectivity index (χ2n) is 6.59. The Balaban J connectivity index is 1.68. The van der Waals surface area contributed by atoms with Gasteiger partial charge >= 0.3 is 0 Å². The summed E-state index contributed by atoms with van der Waals surface area (Å²) in [7, 11) is 0. The number of nitrogens with zero attached hydrogens (tertiary/aromatic N) is 1. The first kappa shape index (κ1) is 12.6. The van der Waals surface area contributed by atoms with Crippen molar-refractivity contribution in [2.75, 3.05) is 12.4 Å². The molecule has 106 valence electrons. The smallest absolute Gasteiger partial charge is 0.154 e. The Bertz CT molecular complexity index is 596. The molecule has 0 aromatic heterocycles. The monoisotopic (exact) mass is 288 g/mol. The highest BCUT2D eigenvalue weighted by Gasteiger charge is 2.62. The summed E-state index contributed by atoms with van der Waals surface area (Å²) in [5, 5.41) is 0.762. The Kier molecular flexibility index (Phi) is 2.62. The predicted molar refractivity (Wildman–Crippen MR) is 83.5 cm³/mol. The molecule has 20 heavy (non-hydrogen) atoms. The molecule has 1 aromatic carbocycles. The lowest BCUT2D eigenvalue weighted by atomic mass is 9.96. The Morgan fingerprint density at radius 3 is 3.00 bits per heavy atom. The number of ether oxygens (including phenoxy) is 1. The fourth-order valence-electron chi connectivity index (χ4n) is 4.12. The zero-order valence-corrected chi connectivity index (χ0v) is 12.7. The third kappa shape index (κ3) is 1.70. The fraction of sp³-hybridized carbons (Fsp3) is 0.562. The molecule has 0 spiro atoms. The number of nitrogens with two attached hydrogens (primary N) is 1. The molecule has 4 heteroatoms. The molecule has 2 N–H and O–H groups in total. The largest absolute Gasteiger partial charge is 0.493 e. The lowest BCUT2D eigenvalue weighted by molar-refractivity contribution is 0.357. The van der Waals surface area contributed by atoms with Crippen LogP contribution in [-0.2, 0) is 6.42 Å². The predicted octanol–water partition coefficient (Wildman–Crippen LogP) is 2.79. The third-order valence-electron chi connectivity index (χ3n) is 5.13. The van der Waals surface area contributed by atoms with Crippen molar-refractivity contribution in [1.29, 1.82) is 0 Å². The molecule has 4 rings (SSSR count). The average Bonchev–Trinajstić information content (AvgIpc) is 2.83. The van der Waals surface area contributed by atoms with Crippen LogP contribution in [0.3, 0.4) is 0 Å². The summed E-state index contributed by atoms with van der Waals surface area (Å²) < 4.78 is 5.71. The fourth-order valence-corrected chi connectivity index (χ4v) is 4.96. The maximum absolute atomic E-state index is 5.85. The number of fused-ring (bicyclic) bond motifs is 1. The molecule has 3 atom stereocenters. The van der Waals surface area contributed by atoms with Crippen LogP contribution in [0.1, 0.15) is 30.9 Å². The van der Waals surface area contributed by atoms with Gasteiger partial charge in [0.1, 0.15) is 5.75 Å². The van der Waals surface area contributed by atoms with Crippen molar-refractivity contribution >= 4 is 16.9 Å². The number of hydrogen-bond acceptors (Lipinski definition) is 4. The molecule has 1 saturated carbocycles. The van der Waals surface area contributed by atoms with Crippen molar-refractivity contribution in [2.45, 2.75) is 32.2 Å². The molecule has 1 aliphatic carbocycles. The molecule has 3 nitrogen and oxygen atoms in total. The molecule has 2 heterocycles. The Hall–Kier alpha value is -1.16. The third-order valence-corrected chi connectivity index (χ3v) is 6.04. The van der Waals surface area contributed by atoms with Crippen LogP contribution in [0.4, 0.5) is 0 Å². The summed E-state index contributed by atoms with van der Waals surface area (Å²) in [6.07, 6.45) is 1.05. The maximum Gasteiger partial charge on any atom is 0.154 e.